The lowest BCUT2D eigenvalue weighted by molar-refractivity contribution is -0.157. The largest absolute Gasteiger partial charge is 0.462 e. The average Bonchev–Trinajstić information content (AvgIpc) is 3.35. The molecular weight excluding hydrogens is 847 g/mol. The number of benzene rings is 2. The summed E-state index contributed by atoms with van der Waals surface area (Å²) in [5.74, 6) is 11.7. The molecule has 6 aliphatic rings. The summed E-state index contributed by atoms with van der Waals surface area (Å²) >= 11 is 0. The Morgan fingerprint density at radius 3 is 1.57 bits per heavy atom. The van der Waals surface area contributed by atoms with Crippen molar-refractivity contribution in [3.8, 4) is 11.8 Å². The third-order valence-electron chi connectivity index (χ3n) is 17.5. The molecule has 0 N–H and O–H groups in total. The van der Waals surface area contributed by atoms with Crippen LogP contribution in [0.1, 0.15) is 222 Å². The molecule has 6 fully saturated rings. The summed E-state index contributed by atoms with van der Waals surface area (Å²) in [4.78, 5) is 25.0. The maximum atomic E-state index is 14.6. The zero-order valence-corrected chi connectivity index (χ0v) is 42.5. The van der Waals surface area contributed by atoms with E-state index in [0.717, 1.165) is 104 Å². The van der Waals surface area contributed by atoms with E-state index in [1.54, 1.807) is 6.07 Å². The minimum absolute atomic E-state index is 0.103. The number of esters is 2. The van der Waals surface area contributed by atoms with Crippen LogP contribution in [0.3, 0.4) is 0 Å². The zero-order valence-electron chi connectivity index (χ0n) is 42.5. The zero-order chi connectivity index (χ0) is 47.8. The molecule has 4 nitrogen and oxygen atoms in total. The monoisotopic (exact) mass is 933 g/mol. The summed E-state index contributed by atoms with van der Waals surface area (Å²) in [5, 5.41) is 0. The van der Waals surface area contributed by atoms with Crippen molar-refractivity contribution in [3.63, 3.8) is 0 Å². The second-order valence-corrected chi connectivity index (χ2v) is 23.1. The van der Waals surface area contributed by atoms with E-state index in [4.69, 9.17) is 9.47 Å². The minimum atomic E-state index is -0.619. The molecule has 6 aliphatic carbocycles. The van der Waals surface area contributed by atoms with Crippen molar-refractivity contribution in [3.05, 3.63) is 88.5 Å². The number of rotatable bonds is 11. The van der Waals surface area contributed by atoms with Crippen LogP contribution in [0, 0.1) is 82.7 Å². The molecule has 2 aromatic rings. The van der Waals surface area contributed by atoms with Gasteiger partial charge in [0.2, 0.25) is 0 Å². The van der Waals surface area contributed by atoms with Gasteiger partial charge in [0, 0.05) is 0 Å². The molecule has 68 heavy (non-hydrogen) atoms. The molecule has 6 saturated carbocycles. The highest BCUT2D eigenvalue weighted by atomic mass is 19.1. The summed E-state index contributed by atoms with van der Waals surface area (Å²) in [6.07, 6.45) is 41.5. The minimum Gasteiger partial charge on any atom is -0.462 e. The molecule has 2 aromatic carbocycles. The molecule has 0 aliphatic heterocycles. The van der Waals surface area contributed by atoms with Crippen LogP contribution in [0.15, 0.2) is 54.6 Å². The third-order valence-corrected chi connectivity index (χ3v) is 17.5. The van der Waals surface area contributed by atoms with Gasteiger partial charge in [-0.3, -0.25) is 4.79 Å². The molecule has 6 heteroatoms. The van der Waals surface area contributed by atoms with Crippen LogP contribution in [-0.2, 0) is 14.3 Å². The molecule has 0 spiro atoms. The van der Waals surface area contributed by atoms with Crippen molar-refractivity contribution < 1.29 is 27.8 Å². The normalized spacial score (nSPS) is 32.3. The van der Waals surface area contributed by atoms with Crippen molar-refractivity contribution in [2.45, 2.75) is 207 Å². The first-order valence-electron chi connectivity index (χ1n) is 27.8. The van der Waals surface area contributed by atoms with Crippen molar-refractivity contribution in [2.75, 3.05) is 0 Å². The van der Waals surface area contributed by atoms with Gasteiger partial charge in [-0.1, -0.05) is 95.6 Å². The molecule has 0 aromatic heterocycles. The number of ether oxygens (including phenoxy) is 2. The predicted molar refractivity (Wildman–Crippen MR) is 274 cm³/mol. The van der Waals surface area contributed by atoms with Crippen LogP contribution < -0.4 is 0 Å². The molecule has 0 bridgehead atoms. The smallest absolute Gasteiger partial charge is 0.338 e. The number of halogens is 2. The lowest BCUT2D eigenvalue weighted by Gasteiger charge is -2.36. The number of allylic oxidation sites excluding steroid dienone is 3. The van der Waals surface area contributed by atoms with E-state index < -0.39 is 17.6 Å². The Bertz CT molecular complexity index is 1990. The van der Waals surface area contributed by atoms with E-state index in [-0.39, 0.29) is 40.8 Å². The third kappa shape index (κ3) is 16.4. The van der Waals surface area contributed by atoms with Gasteiger partial charge in [0.1, 0.15) is 23.8 Å². The molecule has 0 radical (unpaired) electrons. The maximum Gasteiger partial charge on any atom is 0.338 e. The Balaban J connectivity index is 0.000000202. The highest BCUT2D eigenvalue weighted by Gasteiger charge is 2.31. The number of hydrogen-bond acceptors (Lipinski definition) is 4. The quantitative estimate of drug-likeness (QED) is 0.128. The van der Waals surface area contributed by atoms with Gasteiger partial charge in [-0.05, 0) is 230 Å². The summed E-state index contributed by atoms with van der Waals surface area (Å²) in [7, 11) is 0. The summed E-state index contributed by atoms with van der Waals surface area (Å²) < 4.78 is 40.6. The van der Waals surface area contributed by atoms with Crippen LogP contribution >= 0.6 is 0 Å². The van der Waals surface area contributed by atoms with Gasteiger partial charge in [-0.25, -0.2) is 13.6 Å². The Hall–Kier alpha value is -3.72. The van der Waals surface area contributed by atoms with E-state index in [2.05, 4.69) is 57.8 Å². The van der Waals surface area contributed by atoms with Gasteiger partial charge in [0.15, 0.2) is 0 Å². The number of carbonyl (C=O) groups excluding carboxylic acids is 2. The second-order valence-electron chi connectivity index (χ2n) is 23.1. The van der Waals surface area contributed by atoms with E-state index in [1.165, 1.54) is 134 Å². The van der Waals surface area contributed by atoms with Gasteiger partial charge in [-0.15, -0.1) is 0 Å². The van der Waals surface area contributed by atoms with Crippen LogP contribution in [-0.4, -0.2) is 24.1 Å². The van der Waals surface area contributed by atoms with Crippen LogP contribution in [0.25, 0.3) is 6.08 Å². The molecular formula is C62H86F2O4. The molecule has 0 heterocycles. The van der Waals surface area contributed by atoms with Crippen LogP contribution in [0.4, 0.5) is 8.78 Å². The van der Waals surface area contributed by atoms with Crippen LogP contribution in [0.5, 0.6) is 0 Å². The Morgan fingerprint density at radius 1 is 0.544 bits per heavy atom. The topological polar surface area (TPSA) is 52.6 Å². The Morgan fingerprint density at radius 2 is 1.01 bits per heavy atom. The summed E-state index contributed by atoms with van der Waals surface area (Å²) in [5.41, 5.74) is 1.29. The van der Waals surface area contributed by atoms with Crippen molar-refractivity contribution >= 4 is 18.0 Å². The second kappa shape index (κ2) is 26.5. The Labute approximate surface area is 410 Å². The molecule has 0 amide bonds. The fourth-order valence-electron chi connectivity index (χ4n) is 12.4. The van der Waals surface area contributed by atoms with Crippen molar-refractivity contribution in [2.24, 2.45) is 59.2 Å². The molecule has 0 unspecified atom stereocenters. The van der Waals surface area contributed by atoms with Gasteiger partial charge in [0.25, 0.3) is 0 Å². The van der Waals surface area contributed by atoms with E-state index in [0.29, 0.717) is 11.8 Å². The van der Waals surface area contributed by atoms with Crippen molar-refractivity contribution in [1.82, 2.24) is 0 Å². The summed E-state index contributed by atoms with van der Waals surface area (Å²) in [6, 6.07) is 9.02. The van der Waals surface area contributed by atoms with Gasteiger partial charge in [0.05, 0.1) is 22.6 Å². The van der Waals surface area contributed by atoms with Gasteiger partial charge < -0.3 is 9.47 Å². The van der Waals surface area contributed by atoms with E-state index >= 15 is 0 Å². The summed E-state index contributed by atoms with van der Waals surface area (Å²) in [6.45, 7) is 9.25. The first kappa shape index (κ1) is 52.1. The SMILES string of the molecule is CC1CCC(/C=C/c2ccc(C#Cc3ccc(C(=O)OC4CCC(C)CC4)cc3F)c(F)c2)CC1.CC1CCC(OC(=O)C2CCC(CC/C=C/C3CCC(C4CCC(C)CC4)CC3)CC2)CC1. The standard InChI is InChI=1S/C31H34F2O2.C31H52O2/c1-21-3-7-23(8-4-21)9-10-24-11-12-25(29(32)19-24)13-14-26-15-16-27(20-30(26)33)31(34)35-28-17-5-22(2)6-18-28;1-23-7-15-27(16-8-23)28-17-11-25(12-18-28)5-3-4-6-26-13-19-29(20-14-26)31(32)33-30-21-9-24(2)10-22-30/h9-12,15-16,19-23,28H,3-8,17-18H2,1-2H3;3,5,23-30H,4,6-22H2,1-2H3/b10-9+;5-3+. The fourth-order valence-corrected chi connectivity index (χ4v) is 12.4. The number of hydrogen-bond donors (Lipinski definition) is 0. The van der Waals surface area contributed by atoms with E-state index in [9.17, 15) is 18.4 Å². The van der Waals surface area contributed by atoms with Gasteiger partial charge in [-0.2, -0.15) is 0 Å². The van der Waals surface area contributed by atoms with Crippen molar-refractivity contribution in [1.29, 1.82) is 0 Å². The average molecular weight is 933 g/mol. The number of carbonyl (C=O) groups is 2. The lowest BCUT2D eigenvalue weighted by atomic mass is 9.69. The lowest BCUT2D eigenvalue weighted by Crippen LogP contribution is -2.29. The highest BCUT2D eigenvalue weighted by molar-refractivity contribution is 5.89. The first-order chi connectivity index (χ1) is 32.9. The molecule has 372 valence electrons. The maximum absolute atomic E-state index is 14.6. The molecule has 0 saturated heterocycles. The van der Waals surface area contributed by atoms with Gasteiger partial charge >= 0.3 is 11.9 Å². The molecule has 0 atom stereocenters. The Kier molecular flexibility index (Phi) is 20.3. The molecule has 8 rings (SSSR count). The van der Waals surface area contributed by atoms with Crippen LogP contribution in [0.2, 0.25) is 0 Å². The van der Waals surface area contributed by atoms with E-state index in [1.807, 2.05) is 12.1 Å². The predicted octanol–water partition coefficient (Wildman–Crippen LogP) is 16.8. The first-order valence-corrected chi connectivity index (χ1v) is 27.8. The fraction of sp³-hybridized carbons (Fsp3) is 0.677. The highest BCUT2D eigenvalue weighted by Crippen LogP contribution is 2.42.